The summed E-state index contributed by atoms with van der Waals surface area (Å²) in [6, 6.07) is 10.6. The highest BCUT2D eigenvalue weighted by Crippen LogP contribution is 2.23. The van der Waals surface area contributed by atoms with Crippen molar-refractivity contribution in [2.45, 2.75) is 13.5 Å². The molecule has 122 valence electrons. The number of hydrogen-bond acceptors (Lipinski definition) is 3. The Kier molecular flexibility index (Phi) is 6.05. The third-order valence-corrected chi connectivity index (χ3v) is 3.25. The largest absolute Gasteiger partial charge is 0.459 e. The molecular weight excluding hydrogens is 318 g/mol. The number of halogens is 1. The first-order chi connectivity index (χ1) is 11.0. The van der Waals surface area contributed by atoms with Crippen molar-refractivity contribution in [2.24, 2.45) is 0 Å². The van der Waals surface area contributed by atoms with Gasteiger partial charge in [0, 0.05) is 30.6 Å². The van der Waals surface area contributed by atoms with Crippen molar-refractivity contribution in [2.75, 3.05) is 13.1 Å². The zero-order valence-corrected chi connectivity index (χ0v) is 13.4. The van der Waals surface area contributed by atoms with Gasteiger partial charge in [0.25, 0.3) is 0 Å². The third-order valence-electron chi connectivity index (χ3n) is 3.00. The molecule has 0 saturated heterocycles. The van der Waals surface area contributed by atoms with E-state index in [0.29, 0.717) is 29.6 Å². The minimum Gasteiger partial charge on any atom is -0.459 e. The van der Waals surface area contributed by atoms with Crippen LogP contribution in [0.5, 0.6) is 0 Å². The summed E-state index contributed by atoms with van der Waals surface area (Å²) in [5, 5.41) is 8.57. The average molecular weight is 336 g/mol. The van der Waals surface area contributed by atoms with E-state index in [2.05, 4.69) is 16.0 Å². The fraction of sp³-hybridized carbons (Fsp3) is 0.250. The Morgan fingerprint density at radius 2 is 1.70 bits per heavy atom. The van der Waals surface area contributed by atoms with E-state index in [-0.39, 0.29) is 18.5 Å². The van der Waals surface area contributed by atoms with Crippen LogP contribution >= 0.6 is 11.6 Å². The lowest BCUT2D eigenvalue weighted by Crippen LogP contribution is -2.39. The van der Waals surface area contributed by atoms with Gasteiger partial charge in [-0.05, 0) is 36.4 Å². The van der Waals surface area contributed by atoms with E-state index in [0.717, 1.165) is 5.56 Å². The van der Waals surface area contributed by atoms with Crippen LogP contribution in [0, 0.1) is 0 Å². The predicted octanol–water partition coefficient (Wildman–Crippen LogP) is 2.54. The molecule has 2 rings (SSSR count). The molecule has 0 fully saturated rings. The molecule has 0 aliphatic carbocycles. The van der Waals surface area contributed by atoms with E-state index in [1.54, 1.807) is 12.1 Å². The lowest BCUT2D eigenvalue weighted by atomic mass is 10.2. The van der Waals surface area contributed by atoms with Crippen molar-refractivity contribution in [3.8, 4) is 11.3 Å². The van der Waals surface area contributed by atoms with E-state index in [9.17, 15) is 9.59 Å². The zero-order valence-electron chi connectivity index (χ0n) is 12.7. The van der Waals surface area contributed by atoms with Gasteiger partial charge in [-0.3, -0.25) is 4.79 Å². The maximum absolute atomic E-state index is 11.6. The van der Waals surface area contributed by atoms with Crippen LogP contribution in [0.2, 0.25) is 5.02 Å². The molecule has 3 amide bonds. The van der Waals surface area contributed by atoms with Crippen molar-refractivity contribution in [1.29, 1.82) is 0 Å². The third kappa shape index (κ3) is 5.67. The van der Waals surface area contributed by atoms with Gasteiger partial charge in [-0.2, -0.15) is 0 Å². The Morgan fingerprint density at radius 3 is 2.39 bits per heavy atom. The summed E-state index contributed by atoms with van der Waals surface area (Å²) in [4.78, 5) is 22.3. The van der Waals surface area contributed by atoms with Gasteiger partial charge >= 0.3 is 6.03 Å². The van der Waals surface area contributed by atoms with Crippen LogP contribution in [0.4, 0.5) is 4.79 Å². The number of hydrogen-bond donors (Lipinski definition) is 3. The molecule has 0 radical (unpaired) electrons. The van der Waals surface area contributed by atoms with E-state index in [1.807, 2.05) is 24.3 Å². The van der Waals surface area contributed by atoms with Crippen LogP contribution in [-0.4, -0.2) is 25.0 Å². The molecule has 0 spiro atoms. The van der Waals surface area contributed by atoms with Gasteiger partial charge in [0.2, 0.25) is 5.91 Å². The highest BCUT2D eigenvalue weighted by molar-refractivity contribution is 6.30. The standard InChI is InChI=1S/C16H18ClN3O3/c1-11(21)18-8-9-19-16(22)20-10-14-6-7-15(23-14)12-2-4-13(17)5-3-12/h2-7H,8-10H2,1H3,(H,18,21)(H2,19,20,22). The average Bonchev–Trinajstić information content (AvgIpc) is 2.99. The molecule has 0 bridgehead atoms. The lowest BCUT2D eigenvalue weighted by molar-refractivity contribution is -0.118. The van der Waals surface area contributed by atoms with Crippen molar-refractivity contribution in [3.63, 3.8) is 0 Å². The Balaban J connectivity index is 1.77. The fourth-order valence-electron chi connectivity index (χ4n) is 1.89. The van der Waals surface area contributed by atoms with Gasteiger partial charge in [0.15, 0.2) is 0 Å². The van der Waals surface area contributed by atoms with Gasteiger partial charge in [-0.1, -0.05) is 11.6 Å². The molecule has 7 heteroatoms. The molecule has 6 nitrogen and oxygen atoms in total. The molecule has 1 aromatic carbocycles. The van der Waals surface area contributed by atoms with Gasteiger partial charge in [-0.25, -0.2) is 4.79 Å². The molecule has 1 heterocycles. The summed E-state index contributed by atoms with van der Waals surface area (Å²) in [5.74, 6) is 1.23. The maximum atomic E-state index is 11.6. The van der Waals surface area contributed by atoms with Crippen molar-refractivity contribution >= 4 is 23.5 Å². The number of nitrogens with one attached hydrogen (secondary N) is 3. The summed E-state index contributed by atoms with van der Waals surface area (Å²) in [5.41, 5.74) is 0.917. The molecule has 2 aromatic rings. The molecule has 3 N–H and O–H groups in total. The number of rotatable bonds is 6. The first kappa shape index (κ1) is 16.9. The fourth-order valence-corrected chi connectivity index (χ4v) is 2.01. The summed E-state index contributed by atoms with van der Waals surface area (Å²) in [6.07, 6.45) is 0. The normalized spacial score (nSPS) is 10.2. The molecule has 23 heavy (non-hydrogen) atoms. The first-order valence-corrected chi connectivity index (χ1v) is 7.53. The minimum atomic E-state index is -0.320. The molecule has 0 aliphatic rings. The number of carbonyl (C=O) groups is 2. The molecule has 0 saturated carbocycles. The summed E-state index contributed by atoms with van der Waals surface area (Å²) >= 11 is 5.85. The van der Waals surface area contributed by atoms with Crippen LogP contribution in [0.1, 0.15) is 12.7 Å². The topological polar surface area (TPSA) is 83.4 Å². The molecule has 0 atom stereocenters. The van der Waals surface area contributed by atoms with Crippen molar-refractivity contribution < 1.29 is 14.0 Å². The Labute approximate surface area is 139 Å². The summed E-state index contributed by atoms with van der Waals surface area (Å²) in [6.45, 7) is 2.46. The van der Waals surface area contributed by atoms with Crippen LogP contribution in [0.25, 0.3) is 11.3 Å². The Morgan fingerprint density at radius 1 is 1.00 bits per heavy atom. The smallest absolute Gasteiger partial charge is 0.315 e. The van der Waals surface area contributed by atoms with E-state index < -0.39 is 0 Å². The van der Waals surface area contributed by atoms with Gasteiger partial charge in [0.05, 0.1) is 6.54 Å². The second kappa shape index (κ2) is 8.24. The van der Waals surface area contributed by atoms with Crippen molar-refractivity contribution in [3.05, 3.63) is 47.2 Å². The second-order valence-corrected chi connectivity index (χ2v) is 5.30. The highest BCUT2D eigenvalue weighted by Gasteiger charge is 2.06. The predicted molar refractivity (Wildman–Crippen MR) is 88.1 cm³/mol. The van der Waals surface area contributed by atoms with E-state index >= 15 is 0 Å². The van der Waals surface area contributed by atoms with Crippen LogP contribution in [0.3, 0.4) is 0 Å². The maximum Gasteiger partial charge on any atom is 0.315 e. The Bertz CT molecular complexity index is 667. The number of furan rings is 1. The van der Waals surface area contributed by atoms with Gasteiger partial charge in [-0.15, -0.1) is 0 Å². The number of benzene rings is 1. The van der Waals surface area contributed by atoms with Gasteiger partial charge in [0.1, 0.15) is 11.5 Å². The SMILES string of the molecule is CC(=O)NCCNC(=O)NCc1ccc(-c2ccc(Cl)cc2)o1. The van der Waals surface area contributed by atoms with E-state index in [1.165, 1.54) is 6.92 Å². The van der Waals surface area contributed by atoms with Crippen LogP contribution < -0.4 is 16.0 Å². The monoisotopic (exact) mass is 335 g/mol. The van der Waals surface area contributed by atoms with Crippen LogP contribution in [-0.2, 0) is 11.3 Å². The highest BCUT2D eigenvalue weighted by atomic mass is 35.5. The molecule has 0 unspecified atom stereocenters. The molecule has 1 aromatic heterocycles. The number of carbonyl (C=O) groups excluding carboxylic acids is 2. The van der Waals surface area contributed by atoms with E-state index in [4.69, 9.17) is 16.0 Å². The Hall–Kier alpha value is -2.47. The second-order valence-electron chi connectivity index (χ2n) is 4.87. The van der Waals surface area contributed by atoms with Crippen molar-refractivity contribution in [1.82, 2.24) is 16.0 Å². The number of urea groups is 1. The summed E-state index contributed by atoms with van der Waals surface area (Å²) in [7, 11) is 0. The summed E-state index contributed by atoms with van der Waals surface area (Å²) < 4.78 is 5.67. The number of amides is 3. The van der Waals surface area contributed by atoms with Gasteiger partial charge < -0.3 is 20.4 Å². The molecular formula is C16H18ClN3O3. The lowest BCUT2D eigenvalue weighted by Gasteiger charge is -2.06. The quantitative estimate of drug-likeness (QED) is 0.709. The first-order valence-electron chi connectivity index (χ1n) is 7.15. The zero-order chi connectivity index (χ0) is 16.7. The van der Waals surface area contributed by atoms with Crippen LogP contribution in [0.15, 0.2) is 40.8 Å². The molecule has 0 aliphatic heterocycles. The minimum absolute atomic E-state index is 0.127.